The second kappa shape index (κ2) is 17.8. The third-order valence-electron chi connectivity index (χ3n) is 13.3. The highest BCUT2D eigenvalue weighted by molar-refractivity contribution is 6.13. The van der Waals surface area contributed by atoms with Crippen LogP contribution in [0, 0.1) is 17.8 Å². The van der Waals surface area contributed by atoms with Crippen molar-refractivity contribution in [2.75, 3.05) is 55.1 Å². The summed E-state index contributed by atoms with van der Waals surface area (Å²) in [6.45, 7) is 2.75. The van der Waals surface area contributed by atoms with Gasteiger partial charge in [-0.1, -0.05) is 90.7 Å². The van der Waals surface area contributed by atoms with Gasteiger partial charge in [0.05, 0.1) is 37.8 Å². The summed E-state index contributed by atoms with van der Waals surface area (Å²) >= 11 is 0. The number of aliphatic hydroxyl groups is 1. The first-order valence-corrected chi connectivity index (χ1v) is 22.3. The smallest absolute Gasteiger partial charge is 0.324 e. The molecule has 5 aliphatic rings. The van der Waals surface area contributed by atoms with E-state index in [0.29, 0.717) is 47.0 Å². The summed E-state index contributed by atoms with van der Waals surface area (Å²) in [6.07, 6.45) is 5.55. The van der Waals surface area contributed by atoms with Crippen LogP contribution in [0.3, 0.4) is 0 Å². The molecule has 4 aliphatic heterocycles. The predicted octanol–water partition coefficient (Wildman–Crippen LogP) is 7.66. The molecule has 3 fully saturated rings. The molecule has 11 heteroatoms. The van der Waals surface area contributed by atoms with Gasteiger partial charge in [-0.05, 0) is 108 Å². The topological polar surface area (TPSA) is 130 Å². The van der Waals surface area contributed by atoms with Crippen LogP contribution in [0.1, 0.15) is 71.7 Å². The number of allylic oxidation sites excluding steroid dienone is 2. The van der Waals surface area contributed by atoms with Crippen molar-refractivity contribution in [1.29, 1.82) is 0 Å². The summed E-state index contributed by atoms with van der Waals surface area (Å²) < 4.78 is 18.0. The number of aliphatic hydroxyl groups excluding tert-OH is 1. The van der Waals surface area contributed by atoms with Crippen LogP contribution in [0.5, 0.6) is 5.75 Å². The van der Waals surface area contributed by atoms with Gasteiger partial charge in [-0.3, -0.25) is 19.3 Å². The first kappa shape index (κ1) is 41.3. The maximum absolute atomic E-state index is 15.6. The van der Waals surface area contributed by atoms with Gasteiger partial charge in [0.25, 0.3) is 0 Å². The molecule has 1 spiro atoms. The molecule has 0 unspecified atom stereocenters. The van der Waals surface area contributed by atoms with Crippen molar-refractivity contribution >= 4 is 34.8 Å². The number of anilines is 3. The van der Waals surface area contributed by atoms with Crippen molar-refractivity contribution in [3.8, 4) is 17.6 Å². The maximum atomic E-state index is 15.6. The fraction of sp³-hybridized carbons (Fsp3) is 0.302. The number of morpholine rings is 2. The molecule has 64 heavy (non-hydrogen) atoms. The molecule has 10 rings (SSSR count). The Bertz CT molecular complexity index is 2620. The normalized spacial score (nSPS) is 25.0. The number of nitrogens with one attached hydrogen (secondary N) is 2. The average Bonchev–Trinajstić information content (AvgIpc) is 3.83. The third kappa shape index (κ3) is 7.51. The van der Waals surface area contributed by atoms with E-state index in [0.717, 1.165) is 61.2 Å². The predicted molar refractivity (Wildman–Crippen MR) is 244 cm³/mol. The summed E-state index contributed by atoms with van der Waals surface area (Å²) in [5.74, 6) is 4.52. The Balaban J connectivity index is 1.18. The van der Waals surface area contributed by atoms with Gasteiger partial charge in [-0.2, -0.15) is 0 Å². The number of carbonyl (C=O) groups excluding carboxylic acids is 3. The van der Waals surface area contributed by atoms with Crippen LogP contribution in [-0.2, 0) is 29.3 Å². The van der Waals surface area contributed by atoms with Gasteiger partial charge in [-0.25, -0.2) is 0 Å². The molecule has 0 radical (unpaired) electrons. The number of esters is 1. The second-order valence-electron chi connectivity index (χ2n) is 17.0. The Hall–Kier alpha value is -6.71. The average molecular weight is 855 g/mol. The van der Waals surface area contributed by atoms with Crippen LogP contribution in [-0.4, -0.2) is 73.3 Å². The number of fused-ring (bicyclic) bond motifs is 3. The van der Waals surface area contributed by atoms with Gasteiger partial charge >= 0.3 is 5.97 Å². The molecule has 324 valence electrons. The summed E-state index contributed by atoms with van der Waals surface area (Å²) in [6, 6.07) is 37.5. The molecule has 4 heterocycles. The number of hydrogen-bond donors (Lipinski definition) is 3. The molecule has 5 aromatic rings. The highest BCUT2D eigenvalue weighted by Crippen LogP contribution is 2.65. The van der Waals surface area contributed by atoms with Crippen LogP contribution in [0.2, 0.25) is 0 Å². The molecule has 6 atom stereocenters. The minimum absolute atomic E-state index is 0.105. The standard InChI is InChI=1S/C53H50N4O7/c58-30-33-63-42-25-19-39(20-26-42)49-53(43-34-36(18-27-44(43)55-52(53)61)17-16-35-10-4-1-5-11-35)45(50(59)54-40-21-23-41(24-22-40)56-28-31-62-32-29-56)47-51(60)64-48(38-14-8-3-9-15-38)46(57(47)49)37-12-6-2-7-13-37/h2-3,6-10,12-15,18-27,34,45-49,58H,1,4-5,11,28-33H2,(H,54,59)(H,55,61)/t45-,46-,47-,48+,49+,53-/m1/s1. The van der Waals surface area contributed by atoms with E-state index in [1.165, 1.54) is 0 Å². The van der Waals surface area contributed by atoms with E-state index in [-0.39, 0.29) is 13.2 Å². The molecule has 5 aromatic carbocycles. The SMILES string of the molecule is O=C1O[C@@H](c2ccccc2)[C@@H](c2ccccc2)N2[C@@H](c3ccc(OCCO)cc3)[C@]3(C(=O)Nc4ccc(C#CC5=CCCCC5)cc43)[C@@H](C(=O)Nc3ccc(N4CCOCC4)cc3)[C@H]12. The Morgan fingerprint density at radius 1 is 0.828 bits per heavy atom. The van der Waals surface area contributed by atoms with Crippen LogP contribution in [0.4, 0.5) is 17.1 Å². The lowest BCUT2D eigenvalue weighted by molar-refractivity contribution is -0.177. The van der Waals surface area contributed by atoms with Crippen LogP contribution < -0.4 is 20.3 Å². The van der Waals surface area contributed by atoms with E-state index in [4.69, 9.17) is 14.2 Å². The van der Waals surface area contributed by atoms with Gasteiger partial charge in [0.15, 0.2) is 0 Å². The number of amides is 2. The van der Waals surface area contributed by atoms with Crippen molar-refractivity contribution < 1.29 is 33.7 Å². The van der Waals surface area contributed by atoms with Crippen LogP contribution in [0.25, 0.3) is 0 Å². The first-order valence-electron chi connectivity index (χ1n) is 22.3. The fourth-order valence-corrected chi connectivity index (χ4v) is 10.5. The van der Waals surface area contributed by atoms with E-state index >= 15 is 14.4 Å². The molecule has 0 aromatic heterocycles. The summed E-state index contributed by atoms with van der Waals surface area (Å²) in [7, 11) is 0. The molecule has 3 N–H and O–H groups in total. The number of nitrogens with zero attached hydrogens (tertiary/aromatic N) is 2. The molecular weight excluding hydrogens is 805 g/mol. The van der Waals surface area contributed by atoms with Gasteiger partial charge in [0.1, 0.15) is 29.9 Å². The molecule has 1 aliphatic carbocycles. The maximum Gasteiger partial charge on any atom is 0.324 e. The lowest BCUT2D eigenvalue weighted by Gasteiger charge is -2.46. The number of benzene rings is 5. The Labute approximate surface area is 373 Å². The molecule has 2 amide bonds. The van der Waals surface area contributed by atoms with Gasteiger partial charge in [0, 0.05) is 35.7 Å². The molecule has 11 nitrogen and oxygen atoms in total. The van der Waals surface area contributed by atoms with E-state index in [1.807, 2.05) is 115 Å². The summed E-state index contributed by atoms with van der Waals surface area (Å²) in [5.41, 5.74) is 5.11. The van der Waals surface area contributed by atoms with Crippen LogP contribution in [0.15, 0.2) is 139 Å². The molecule has 0 bridgehead atoms. The fourth-order valence-electron chi connectivity index (χ4n) is 10.5. The molecule has 0 saturated carbocycles. The van der Waals surface area contributed by atoms with E-state index in [2.05, 4.69) is 38.4 Å². The number of cyclic esters (lactones) is 1. The van der Waals surface area contributed by atoms with E-state index < -0.39 is 53.3 Å². The van der Waals surface area contributed by atoms with E-state index in [1.54, 1.807) is 12.1 Å². The highest BCUT2D eigenvalue weighted by Gasteiger charge is 2.74. The zero-order valence-electron chi connectivity index (χ0n) is 35.5. The number of hydrogen-bond acceptors (Lipinski definition) is 9. The summed E-state index contributed by atoms with van der Waals surface area (Å²) in [4.78, 5) is 50.8. The van der Waals surface area contributed by atoms with Gasteiger partial charge < -0.3 is 34.9 Å². The van der Waals surface area contributed by atoms with Gasteiger partial charge in [-0.15, -0.1) is 0 Å². The van der Waals surface area contributed by atoms with Crippen molar-refractivity contribution in [3.05, 3.63) is 167 Å². The zero-order chi connectivity index (χ0) is 43.6. The van der Waals surface area contributed by atoms with Crippen molar-refractivity contribution in [2.24, 2.45) is 5.92 Å². The van der Waals surface area contributed by atoms with Crippen molar-refractivity contribution in [2.45, 2.75) is 55.3 Å². The number of rotatable bonds is 9. The van der Waals surface area contributed by atoms with E-state index in [9.17, 15) is 5.11 Å². The minimum Gasteiger partial charge on any atom is -0.491 e. The monoisotopic (exact) mass is 854 g/mol. The van der Waals surface area contributed by atoms with Gasteiger partial charge in [0.2, 0.25) is 11.8 Å². The zero-order valence-corrected chi connectivity index (χ0v) is 35.5. The highest BCUT2D eigenvalue weighted by atomic mass is 16.6. The molecular formula is C53H50N4O7. The second-order valence-corrected chi connectivity index (χ2v) is 17.0. The Morgan fingerprint density at radius 3 is 2.27 bits per heavy atom. The third-order valence-corrected chi connectivity index (χ3v) is 13.3. The minimum atomic E-state index is -1.68. The van der Waals surface area contributed by atoms with Crippen LogP contribution >= 0.6 is 0 Å². The number of ether oxygens (including phenoxy) is 3. The lowest BCUT2D eigenvalue weighted by atomic mass is 9.65. The quantitative estimate of drug-likeness (QED) is 0.101. The van der Waals surface area contributed by atoms with Crippen molar-refractivity contribution in [1.82, 2.24) is 4.90 Å². The Kier molecular flexibility index (Phi) is 11.5. The lowest BCUT2D eigenvalue weighted by Crippen LogP contribution is -2.53. The number of carbonyl (C=O) groups is 3. The molecule has 3 saturated heterocycles. The largest absolute Gasteiger partial charge is 0.491 e. The Morgan fingerprint density at radius 2 is 1.56 bits per heavy atom. The summed E-state index contributed by atoms with van der Waals surface area (Å²) in [5, 5.41) is 15.9. The van der Waals surface area contributed by atoms with Crippen molar-refractivity contribution in [3.63, 3.8) is 0 Å². The first-order chi connectivity index (χ1) is 31.4.